The summed E-state index contributed by atoms with van der Waals surface area (Å²) >= 11 is 0. The normalized spacial score (nSPS) is 14.5. The van der Waals surface area contributed by atoms with Crippen molar-refractivity contribution in [3.05, 3.63) is 59.7 Å². The van der Waals surface area contributed by atoms with Crippen molar-refractivity contribution in [2.24, 2.45) is 4.99 Å². The van der Waals surface area contributed by atoms with Crippen molar-refractivity contribution >= 4 is 35.6 Å². The van der Waals surface area contributed by atoms with Crippen LogP contribution in [0.4, 0.5) is 14.5 Å². The fraction of sp³-hybridized carbons (Fsp3) is 0.381. The quantitative estimate of drug-likeness (QED) is 0.362. The molecule has 2 aromatic rings. The van der Waals surface area contributed by atoms with Gasteiger partial charge in [-0.1, -0.05) is 18.2 Å². The molecule has 1 saturated heterocycles. The number of phenolic OH excluding ortho intramolecular Hbond substituents is 1. The van der Waals surface area contributed by atoms with E-state index in [2.05, 4.69) is 20.1 Å². The van der Waals surface area contributed by atoms with E-state index >= 15 is 0 Å². The van der Waals surface area contributed by atoms with Crippen LogP contribution in [0.15, 0.2) is 47.5 Å². The molecule has 0 bridgehead atoms. The smallest absolute Gasteiger partial charge is 0.194 e. The zero-order valence-electron chi connectivity index (χ0n) is 16.4. The summed E-state index contributed by atoms with van der Waals surface area (Å²) < 4.78 is 26.8. The molecule has 5 nitrogen and oxygen atoms in total. The number of halogens is 3. The van der Waals surface area contributed by atoms with Crippen LogP contribution >= 0.6 is 24.0 Å². The molecule has 1 aliphatic heterocycles. The number of aliphatic imine (C=N–C) groups is 1. The van der Waals surface area contributed by atoms with Gasteiger partial charge >= 0.3 is 0 Å². The molecule has 0 amide bonds. The second-order valence-electron chi connectivity index (χ2n) is 6.68. The molecule has 0 spiro atoms. The number of nitrogens with one attached hydrogen (secondary N) is 1. The molecule has 8 heteroatoms. The van der Waals surface area contributed by atoms with E-state index in [-0.39, 0.29) is 29.7 Å². The maximum absolute atomic E-state index is 13.8. The summed E-state index contributed by atoms with van der Waals surface area (Å²) in [5.74, 6) is -0.0169. The highest BCUT2D eigenvalue weighted by Crippen LogP contribution is 2.27. The van der Waals surface area contributed by atoms with Crippen molar-refractivity contribution in [1.29, 1.82) is 0 Å². The van der Waals surface area contributed by atoms with E-state index in [1.54, 1.807) is 6.07 Å². The molecule has 0 atom stereocenters. The molecule has 0 aliphatic carbocycles. The van der Waals surface area contributed by atoms with Gasteiger partial charge in [-0.3, -0.25) is 4.99 Å². The molecule has 2 N–H and O–H groups in total. The lowest BCUT2D eigenvalue weighted by Crippen LogP contribution is -2.52. The predicted octanol–water partition coefficient (Wildman–Crippen LogP) is 3.62. The van der Waals surface area contributed by atoms with Crippen LogP contribution in [0.3, 0.4) is 0 Å². The Bertz CT molecular complexity index is 826. The Morgan fingerprint density at radius 3 is 2.48 bits per heavy atom. The van der Waals surface area contributed by atoms with E-state index in [1.807, 2.05) is 25.1 Å². The van der Waals surface area contributed by atoms with E-state index in [9.17, 15) is 13.9 Å². The molecule has 3 rings (SSSR count). The van der Waals surface area contributed by atoms with Crippen LogP contribution in [0, 0.1) is 11.6 Å². The topological polar surface area (TPSA) is 51.1 Å². The third kappa shape index (κ3) is 6.19. The minimum absolute atomic E-state index is 0. The van der Waals surface area contributed by atoms with Crippen LogP contribution < -0.4 is 10.2 Å². The predicted molar refractivity (Wildman–Crippen MR) is 123 cm³/mol. The summed E-state index contributed by atoms with van der Waals surface area (Å²) in [6, 6.07) is 11.0. The van der Waals surface area contributed by atoms with Crippen molar-refractivity contribution in [3.8, 4) is 5.75 Å². The Hall–Kier alpha value is -2.10. The van der Waals surface area contributed by atoms with Gasteiger partial charge in [-0.15, -0.1) is 24.0 Å². The molecule has 2 aromatic carbocycles. The number of guanidine groups is 1. The van der Waals surface area contributed by atoms with Gasteiger partial charge in [0.2, 0.25) is 0 Å². The maximum atomic E-state index is 13.8. The number of rotatable bonds is 5. The van der Waals surface area contributed by atoms with Crippen molar-refractivity contribution in [2.45, 2.75) is 13.3 Å². The van der Waals surface area contributed by atoms with Gasteiger partial charge in [-0.05, 0) is 37.1 Å². The van der Waals surface area contributed by atoms with Crippen molar-refractivity contribution in [2.75, 3.05) is 44.2 Å². The van der Waals surface area contributed by atoms with E-state index in [1.165, 1.54) is 12.1 Å². The SMILES string of the molecule is CCNC(=NCCc1ccc(F)cc1F)N1CCN(c2ccccc2O)CC1.I. The van der Waals surface area contributed by atoms with Gasteiger partial charge in [-0.25, -0.2) is 8.78 Å². The second kappa shape index (κ2) is 11.2. The molecule has 1 aliphatic rings. The van der Waals surface area contributed by atoms with Crippen molar-refractivity contribution < 1.29 is 13.9 Å². The van der Waals surface area contributed by atoms with Crippen LogP contribution in [0.2, 0.25) is 0 Å². The third-order valence-corrected chi connectivity index (χ3v) is 4.79. The van der Waals surface area contributed by atoms with E-state index < -0.39 is 11.6 Å². The standard InChI is InChI=1S/C21H26F2N4O.HI/c1-2-24-21(25-10-9-16-7-8-17(22)15-18(16)23)27-13-11-26(12-14-27)19-5-3-4-6-20(19)28;/h3-8,15,28H,2,9-14H2,1H3,(H,24,25);1H. The first-order chi connectivity index (χ1) is 13.6. The summed E-state index contributed by atoms with van der Waals surface area (Å²) in [7, 11) is 0. The minimum atomic E-state index is -0.569. The molecule has 1 fully saturated rings. The fourth-order valence-corrected chi connectivity index (χ4v) is 3.32. The van der Waals surface area contributed by atoms with Gasteiger partial charge in [0.1, 0.15) is 17.4 Å². The van der Waals surface area contributed by atoms with Gasteiger partial charge in [0, 0.05) is 45.3 Å². The lowest BCUT2D eigenvalue weighted by molar-refractivity contribution is 0.370. The zero-order valence-corrected chi connectivity index (χ0v) is 18.8. The molecule has 0 saturated carbocycles. The number of aromatic hydroxyl groups is 1. The third-order valence-electron chi connectivity index (χ3n) is 4.79. The summed E-state index contributed by atoms with van der Waals surface area (Å²) in [5, 5.41) is 13.3. The van der Waals surface area contributed by atoms with Crippen LogP contribution in [-0.4, -0.2) is 55.2 Å². The summed E-state index contributed by atoms with van der Waals surface area (Å²) in [6.45, 7) is 6.25. The Kier molecular flexibility index (Phi) is 8.94. The summed E-state index contributed by atoms with van der Waals surface area (Å²) in [4.78, 5) is 8.94. The second-order valence-corrected chi connectivity index (χ2v) is 6.68. The first-order valence-electron chi connectivity index (χ1n) is 9.58. The number of phenols is 1. The number of nitrogens with zero attached hydrogens (tertiary/aromatic N) is 3. The largest absolute Gasteiger partial charge is 0.506 e. The first kappa shape index (κ1) is 23.2. The Morgan fingerprint density at radius 2 is 1.83 bits per heavy atom. The lowest BCUT2D eigenvalue weighted by Gasteiger charge is -2.37. The zero-order chi connectivity index (χ0) is 19.9. The highest BCUT2D eigenvalue weighted by molar-refractivity contribution is 14.0. The highest BCUT2D eigenvalue weighted by atomic mass is 127. The van der Waals surface area contributed by atoms with E-state index in [4.69, 9.17) is 0 Å². The molecular formula is C21H27F2IN4O. The molecule has 0 radical (unpaired) electrons. The van der Waals surface area contributed by atoms with E-state index in [0.29, 0.717) is 18.5 Å². The molecule has 1 heterocycles. The Balaban J connectivity index is 0.00000300. The van der Waals surface area contributed by atoms with Crippen LogP contribution in [0.25, 0.3) is 0 Å². The van der Waals surface area contributed by atoms with Gasteiger partial charge in [0.05, 0.1) is 5.69 Å². The molecular weight excluding hydrogens is 489 g/mol. The monoisotopic (exact) mass is 516 g/mol. The van der Waals surface area contributed by atoms with Crippen LogP contribution in [0.1, 0.15) is 12.5 Å². The van der Waals surface area contributed by atoms with Crippen LogP contribution in [0.5, 0.6) is 5.75 Å². The summed E-state index contributed by atoms with van der Waals surface area (Å²) in [5.41, 5.74) is 1.31. The number of para-hydroxylation sites is 2. The maximum Gasteiger partial charge on any atom is 0.194 e. The number of benzene rings is 2. The number of hydrogen-bond acceptors (Lipinski definition) is 3. The minimum Gasteiger partial charge on any atom is -0.506 e. The molecule has 0 unspecified atom stereocenters. The van der Waals surface area contributed by atoms with Gasteiger partial charge in [-0.2, -0.15) is 0 Å². The number of anilines is 1. The Morgan fingerprint density at radius 1 is 1.10 bits per heavy atom. The van der Waals surface area contributed by atoms with Crippen molar-refractivity contribution in [3.63, 3.8) is 0 Å². The average molecular weight is 516 g/mol. The fourth-order valence-electron chi connectivity index (χ4n) is 3.32. The molecule has 29 heavy (non-hydrogen) atoms. The Labute approximate surface area is 187 Å². The molecule has 158 valence electrons. The van der Waals surface area contributed by atoms with Crippen molar-refractivity contribution in [1.82, 2.24) is 10.2 Å². The molecule has 0 aromatic heterocycles. The average Bonchev–Trinajstić information content (AvgIpc) is 2.69. The van der Waals surface area contributed by atoms with Gasteiger partial charge in [0.25, 0.3) is 0 Å². The number of hydrogen-bond donors (Lipinski definition) is 2. The summed E-state index contributed by atoms with van der Waals surface area (Å²) in [6.07, 6.45) is 0.416. The van der Waals surface area contributed by atoms with E-state index in [0.717, 1.165) is 50.4 Å². The number of piperazine rings is 1. The first-order valence-corrected chi connectivity index (χ1v) is 9.58. The highest BCUT2D eigenvalue weighted by Gasteiger charge is 2.21. The van der Waals surface area contributed by atoms with Gasteiger partial charge in [0.15, 0.2) is 5.96 Å². The van der Waals surface area contributed by atoms with Gasteiger partial charge < -0.3 is 20.2 Å². The van der Waals surface area contributed by atoms with Crippen LogP contribution in [-0.2, 0) is 6.42 Å². The lowest BCUT2D eigenvalue weighted by atomic mass is 10.1.